The molecule has 4 aromatic rings. The van der Waals surface area contributed by atoms with Crippen LogP contribution in [0.3, 0.4) is 0 Å². The molecule has 1 saturated heterocycles. The molecule has 0 saturated carbocycles. The Bertz CT molecular complexity index is 1410. The van der Waals surface area contributed by atoms with Gasteiger partial charge in [0.1, 0.15) is 11.5 Å². The maximum Gasteiger partial charge on any atom is 0.260 e. The van der Waals surface area contributed by atoms with Crippen LogP contribution < -0.4 is 9.47 Å². The summed E-state index contributed by atoms with van der Waals surface area (Å²) in [5.74, 6) is 1.31. The minimum absolute atomic E-state index is 0.0130. The van der Waals surface area contributed by atoms with Crippen molar-refractivity contribution in [1.29, 1.82) is 0 Å². The molecule has 7 heteroatoms. The summed E-state index contributed by atoms with van der Waals surface area (Å²) in [5, 5.41) is 0. The van der Waals surface area contributed by atoms with Crippen LogP contribution >= 0.6 is 0 Å². The molecule has 1 aliphatic rings. The van der Waals surface area contributed by atoms with Crippen LogP contribution in [0.5, 0.6) is 11.5 Å². The van der Waals surface area contributed by atoms with E-state index in [1.54, 1.807) is 12.0 Å². The first-order chi connectivity index (χ1) is 18.5. The van der Waals surface area contributed by atoms with Gasteiger partial charge in [0.15, 0.2) is 6.61 Å². The van der Waals surface area contributed by atoms with E-state index in [0.29, 0.717) is 37.5 Å². The molecule has 5 rings (SSSR count). The summed E-state index contributed by atoms with van der Waals surface area (Å²) in [6, 6.07) is 29.2. The average Bonchev–Trinajstić information content (AvgIpc) is 3.33. The van der Waals surface area contributed by atoms with Gasteiger partial charge in [-0.2, -0.15) is 0 Å². The molecule has 0 bridgehead atoms. The molecule has 0 aliphatic carbocycles. The fraction of sp³-hybridized carbons (Fsp3) is 0.226. The van der Waals surface area contributed by atoms with E-state index >= 15 is 0 Å². The number of rotatable bonds is 7. The number of carbonyl (C=O) groups is 2. The summed E-state index contributed by atoms with van der Waals surface area (Å²) in [7, 11) is 1.65. The number of hydrogen-bond donors (Lipinski definition) is 0. The Morgan fingerprint density at radius 3 is 2.08 bits per heavy atom. The standard InChI is InChI=1S/C31H31N3O4/c1-23-28(21-29(24-10-5-3-6-11-24)34(23)25-12-9-15-27(20-25)37-2)31(36)33-18-16-32(17-19-33)30(35)22-38-26-13-7-4-8-14-26/h3-15,20-21H,16-19,22H2,1-2H3. The molecule has 0 N–H and O–H groups in total. The van der Waals surface area contributed by atoms with E-state index in [1.165, 1.54) is 0 Å². The van der Waals surface area contributed by atoms with Gasteiger partial charge < -0.3 is 23.8 Å². The quantitative estimate of drug-likeness (QED) is 0.358. The third kappa shape index (κ3) is 5.27. The van der Waals surface area contributed by atoms with Crippen molar-refractivity contribution in [1.82, 2.24) is 14.4 Å². The second-order valence-corrected chi connectivity index (χ2v) is 9.21. The summed E-state index contributed by atoms with van der Waals surface area (Å²) in [5.41, 5.74) is 4.39. The molecule has 2 heterocycles. The molecule has 0 atom stereocenters. The highest BCUT2D eigenvalue weighted by Gasteiger charge is 2.28. The Labute approximate surface area is 222 Å². The van der Waals surface area contributed by atoms with Crippen molar-refractivity contribution in [3.05, 3.63) is 102 Å². The number of hydrogen-bond acceptors (Lipinski definition) is 4. The Morgan fingerprint density at radius 1 is 0.763 bits per heavy atom. The van der Waals surface area contributed by atoms with Crippen molar-refractivity contribution >= 4 is 11.8 Å². The predicted octanol–water partition coefficient (Wildman–Crippen LogP) is 4.82. The SMILES string of the molecule is COc1cccc(-n2c(-c3ccccc3)cc(C(=O)N3CCN(C(=O)COc4ccccc4)CC3)c2C)c1. The highest BCUT2D eigenvalue weighted by atomic mass is 16.5. The van der Waals surface area contributed by atoms with Crippen molar-refractivity contribution in [3.63, 3.8) is 0 Å². The van der Waals surface area contributed by atoms with E-state index in [4.69, 9.17) is 9.47 Å². The number of para-hydroxylation sites is 1. The van der Waals surface area contributed by atoms with Crippen molar-refractivity contribution in [3.8, 4) is 28.4 Å². The molecule has 7 nitrogen and oxygen atoms in total. The van der Waals surface area contributed by atoms with Crippen LogP contribution in [0.2, 0.25) is 0 Å². The molecule has 1 aliphatic heterocycles. The van der Waals surface area contributed by atoms with Crippen molar-refractivity contribution in [2.24, 2.45) is 0 Å². The first-order valence-corrected chi connectivity index (χ1v) is 12.7. The monoisotopic (exact) mass is 509 g/mol. The molecule has 1 aromatic heterocycles. The molecule has 194 valence electrons. The van der Waals surface area contributed by atoms with E-state index in [0.717, 1.165) is 28.4 Å². The van der Waals surface area contributed by atoms with Crippen LogP contribution in [0.25, 0.3) is 16.9 Å². The Balaban J connectivity index is 1.34. The second-order valence-electron chi connectivity index (χ2n) is 9.21. The highest BCUT2D eigenvalue weighted by Crippen LogP contribution is 2.31. The number of methoxy groups -OCH3 is 1. The molecule has 0 spiro atoms. The molecular weight excluding hydrogens is 478 g/mol. The number of nitrogens with zero attached hydrogens (tertiary/aromatic N) is 3. The van der Waals surface area contributed by atoms with E-state index in [2.05, 4.69) is 4.57 Å². The second kappa shape index (κ2) is 11.3. The Morgan fingerprint density at radius 2 is 1.39 bits per heavy atom. The highest BCUT2D eigenvalue weighted by molar-refractivity contribution is 5.97. The molecule has 38 heavy (non-hydrogen) atoms. The van der Waals surface area contributed by atoms with Crippen LogP contribution in [-0.4, -0.2) is 66.1 Å². The molecule has 0 unspecified atom stereocenters. The lowest BCUT2D eigenvalue weighted by atomic mass is 10.1. The van der Waals surface area contributed by atoms with Gasteiger partial charge in [-0.15, -0.1) is 0 Å². The zero-order valence-corrected chi connectivity index (χ0v) is 21.7. The number of piperazine rings is 1. The number of carbonyl (C=O) groups excluding carboxylic acids is 2. The normalized spacial score (nSPS) is 13.3. The van der Waals surface area contributed by atoms with Gasteiger partial charge in [-0.3, -0.25) is 9.59 Å². The summed E-state index contributed by atoms with van der Waals surface area (Å²) in [6.45, 7) is 3.86. The van der Waals surface area contributed by atoms with E-state index in [9.17, 15) is 9.59 Å². The first-order valence-electron chi connectivity index (χ1n) is 12.7. The fourth-order valence-electron chi connectivity index (χ4n) is 4.81. The van der Waals surface area contributed by atoms with Gasteiger partial charge in [-0.1, -0.05) is 54.6 Å². The zero-order chi connectivity index (χ0) is 26.5. The van der Waals surface area contributed by atoms with E-state index in [1.807, 2.05) is 103 Å². The maximum atomic E-state index is 13.7. The largest absolute Gasteiger partial charge is 0.497 e. The molecule has 2 amide bonds. The molecule has 0 radical (unpaired) electrons. The van der Waals surface area contributed by atoms with Crippen LogP contribution in [0.1, 0.15) is 16.1 Å². The lowest BCUT2D eigenvalue weighted by molar-refractivity contribution is -0.134. The average molecular weight is 510 g/mol. The zero-order valence-electron chi connectivity index (χ0n) is 21.7. The number of benzene rings is 3. The summed E-state index contributed by atoms with van der Waals surface area (Å²) in [6.07, 6.45) is 0. The van der Waals surface area contributed by atoms with E-state index < -0.39 is 0 Å². The summed E-state index contributed by atoms with van der Waals surface area (Å²) in [4.78, 5) is 30.0. The maximum absolute atomic E-state index is 13.7. The van der Waals surface area contributed by atoms with Crippen molar-refractivity contribution in [2.75, 3.05) is 39.9 Å². The van der Waals surface area contributed by atoms with Gasteiger partial charge in [0.05, 0.1) is 18.4 Å². The smallest absolute Gasteiger partial charge is 0.260 e. The van der Waals surface area contributed by atoms with Crippen LogP contribution in [0, 0.1) is 6.92 Å². The van der Waals surface area contributed by atoms with E-state index in [-0.39, 0.29) is 18.4 Å². The lowest BCUT2D eigenvalue weighted by Gasteiger charge is -2.34. The number of aromatic nitrogens is 1. The van der Waals surface area contributed by atoms with Gasteiger partial charge in [0.2, 0.25) is 0 Å². The van der Waals surface area contributed by atoms with Crippen molar-refractivity contribution < 1.29 is 19.1 Å². The van der Waals surface area contributed by atoms with Gasteiger partial charge in [0, 0.05) is 43.6 Å². The van der Waals surface area contributed by atoms with Gasteiger partial charge in [-0.05, 0) is 42.8 Å². The summed E-state index contributed by atoms with van der Waals surface area (Å²) >= 11 is 0. The summed E-state index contributed by atoms with van der Waals surface area (Å²) < 4.78 is 13.2. The first kappa shape index (κ1) is 25.1. The number of amides is 2. The third-order valence-corrected chi connectivity index (χ3v) is 6.88. The predicted molar refractivity (Wildman–Crippen MR) is 147 cm³/mol. The number of ether oxygens (including phenoxy) is 2. The van der Waals surface area contributed by atoms with Crippen molar-refractivity contribution in [2.45, 2.75) is 6.92 Å². The third-order valence-electron chi connectivity index (χ3n) is 6.88. The fourth-order valence-corrected chi connectivity index (χ4v) is 4.81. The molecular formula is C31H31N3O4. The van der Waals surface area contributed by atoms with Gasteiger partial charge >= 0.3 is 0 Å². The van der Waals surface area contributed by atoms with Crippen LogP contribution in [-0.2, 0) is 4.79 Å². The lowest BCUT2D eigenvalue weighted by Crippen LogP contribution is -2.51. The Hall–Kier alpha value is -4.52. The molecule has 1 fully saturated rings. The topological polar surface area (TPSA) is 64.0 Å². The minimum Gasteiger partial charge on any atom is -0.497 e. The van der Waals surface area contributed by atoms with Crippen LogP contribution in [0.4, 0.5) is 0 Å². The van der Waals surface area contributed by atoms with Gasteiger partial charge in [-0.25, -0.2) is 0 Å². The van der Waals surface area contributed by atoms with Crippen LogP contribution in [0.15, 0.2) is 91.0 Å². The molecule has 3 aromatic carbocycles. The Kier molecular flexibility index (Phi) is 7.45. The van der Waals surface area contributed by atoms with Gasteiger partial charge in [0.25, 0.3) is 11.8 Å². The minimum atomic E-state index is -0.0762.